The molecule has 21 heavy (non-hydrogen) atoms. The molecule has 0 aliphatic rings. The molecule has 0 aliphatic heterocycles. The first-order valence-electron chi connectivity index (χ1n) is 6.95. The van der Waals surface area contributed by atoms with Crippen LogP contribution in [0.25, 0.3) is 0 Å². The van der Waals surface area contributed by atoms with Gasteiger partial charge in [0, 0.05) is 5.56 Å². The number of rotatable bonds is 6. The first-order chi connectivity index (χ1) is 10.2. The maximum Gasteiger partial charge on any atom is 0.133 e. The highest BCUT2D eigenvalue weighted by atomic mass is 79.9. The van der Waals surface area contributed by atoms with E-state index in [1.54, 1.807) is 0 Å². The molecule has 0 radical (unpaired) electrons. The van der Waals surface area contributed by atoms with Crippen LogP contribution in [0.2, 0.25) is 0 Å². The molecule has 2 rings (SSSR count). The van der Waals surface area contributed by atoms with Crippen LogP contribution in [0.15, 0.2) is 46.9 Å². The second kappa shape index (κ2) is 7.71. The van der Waals surface area contributed by atoms with Crippen molar-refractivity contribution in [1.29, 1.82) is 0 Å². The van der Waals surface area contributed by atoms with Gasteiger partial charge in [0.2, 0.25) is 0 Å². The van der Waals surface area contributed by atoms with E-state index in [1.165, 1.54) is 0 Å². The monoisotopic (exact) mass is 368 g/mol. The lowest BCUT2D eigenvalue weighted by molar-refractivity contribution is 0.336. The van der Waals surface area contributed by atoms with Crippen LogP contribution in [0.3, 0.4) is 0 Å². The Morgan fingerprint density at radius 3 is 2.33 bits per heavy atom. The lowest BCUT2D eigenvalue weighted by atomic mass is 10.0. The number of halogens is 2. The normalized spacial score (nSPS) is 12.0. The Morgan fingerprint density at radius 1 is 1.00 bits per heavy atom. The minimum absolute atomic E-state index is 0.264. The highest BCUT2D eigenvalue weighted by molar-refractivity contribution is 9.10. The van der Waals surface area contributed by atoms with E-state index in [-0.39, 0.29) is 5.38 Å². The molecular formula is C17H18BrClO2. The van der Waals surface area contributed by atoms with Gasteiger partial charge < -0.3 is 9.47 Å². The molecule has 0 saturated heterocycles. The Balaban J connectivity index is 2.31. The van der Waals surface area contributed by atoms with Gasteiger partial charge in [0.15, 0.2) is 0 Å². The zero-order chi connectivity index (χ0) is 15.2. The van der Waals surface area contributed by atoms with Crippen molar-refractivity contribution in [2.24, 2.45) is 0 Å². The van der Waals surface area contributed by atoms with E-state index in [0.29, 0.717) is 13.2 Å². The molecule has 0 amide bonds. The van der Waals surface area contributed by atoms with E-state index in [4.69, 9.17) is 21.1 Å². The second-order valence-corrected chi connectivity index (χ2v) is 5.75. The van der Waals surface area contributed by atoms with Gasteiger partial charge in [0.25, 0.3) is 0 Å². The average Bonchev–Trinajstić information content (AvgIpc) is 2.50. The van der Waals surface area contributed by atoms with Crippen LogP contribution in [0.5, 0.6) is 11.5 Å². The van der Waals surface area contributed by atoms with E-state index >= 15 is 0 Å². The summed E-state index contributed by atoms with van der Waals surface area (Å²) in [6.45, 7) is 5.18. The lowest BCUT2D eigenvalue weighted by Crippen LogP contribution is -2.00. The van der Waals surface area contributed by atoms with Gasteiger partial charge in [0.05, 0.1) is 23.1 Å². The topological polar surface area (TPSA) is 18.5 Å². The molecule has 112 valence electrons. The van der Waals surface area contributed by atoms with Crippen LogP contribution >= 0.6 is 27.5 Å². The molecule has 0 spiro atoms. The smallest absolute Gasteiger partial charge is 0.133 e. The van der Waals surface area contributed by atoms with Gasteiger partial charge in [-0.05, 0) is 53.5 Å². The quantitative estimate of drug-likeness (QED) is 0.619. The molecule has 1 unspecified atom stereocenters. The number of hydrogen-bond donors (Lipinski definition) is 0. The van der Waals surface area contributed by atoms with E-state index in [9.17, 15) is 0 Å². The second-order valence-electron chi connectivity index (χ2n) is 4.46. The molecule has 0 fully saturated rings. The molecule has 4 heteroatoms. The largest absolute Gasteiger partial charge is 0.494 e. The fraction of sp³-hybridized carbons (Fsp3) is 0.294. The van der Waals surface area contributed by atoms with Crippen LogP contribution in [-0.4, -0.2) is 13.2 Å². The minimum atomic E-state index is -0.264. The minimum Gasteiger partial charge on any atom is -0.494 e. The van der Waals surface area contributed by atoms with E-state index in [1.807, 2.05) is 56.3 Å². The molecule has 2 aromatic carbocycles. The molecule has 0 aromatic heterocycles. The molecule has 0 bridgehead atoms. The van der Waals surface area contributed by atoms with E-state index < -0.39 is 0 Å². The van der Waals surface area contributed by atoms with Crippen molar-refractivity contribution in [3.63, 3.8) is 0 Å². The van der Waals surface area contributed by atoms with Crippen molar-refractivity contribution in [3.8, 4) is 11.5 Å². The average molecular weight is 370 g/mol. The number of benzene rings is 2. The summed E-state index contributed by atoms with van der Waals surface area (Å²) in [6, 6.07) is 13.8. The van der Waals surface area contributed by atoms with Crippen molar-refractivity contribution in [2.45, 2.75) is 19.2 Å². The third-order valence-electron chi connectivity index (χ3n) is 3.04. The SMILES string of the molecule is CCOc1ccc(C(Cl)c2ccccc2OCC)cc1Br. The van der Waals surface area contributed by atoms with Crippen LogP contribution in [0.4, 0.5) is 0 Å². The van der Waals surface area contributed by atoms with Gasteiger partial charge >= 0.3 is 0 Å². The summed E-state index contributed by atoms with van der Waals surface area (Å²) in [6.07, 6.45) is 0. The molecule has 0 aliphatic carbocycles. The number of hydrogen-bond acceptors (Lipinski definition) is 2. The highest BCUT2D eigenvalue weighted by Gasteiger charge is 2.16. The molecule has 2 aromatic rings. The summed E-state index contributed by atoms with van der Waals surface area (Å²) in [4.78, 5) is 0. The molecule has 0 saturated carbocycles. The van der Waals surface area contributed by atoms with Gasteiger partial charge in [-0.1, -0.05) is 24.3 Å². The van der Waals surface area contributed by atoms with E-state index in [2.05, 4.69) is 15.9 Å². The Morgan fingerprint density at radius 2 is 1.67 bits per heavy atom. The van der Waals surface area contributed by atoms with Gasteiger partial charge in [-0.15, -0.1) is 11.6 Å². The predicted octanol–water partition coefficient (Wildman–Crippen LogP) is 5.57. The molecule has 1 atom stereocenters. The Kier molecular flexibility index (Phi) is 5.95. The van der Waals surface area contributed by atoms with Gasteiger partial charge in [-0.2, -0.15) is 0 Å². The summed E-state index contributed by atoms with van der Waals surface area (Å²) in [5.41, 5.74) is 1.97. The van der Waals surface area contributed by atoms with Crippen molar-refractivity contribution in [2.75, 3.05) is 13.2 Å². The van der Waals surface area contributed by atoms with Gasteiger partial charge in [-0.3, -0.25) is 0 Å². The molecule has 0 heterocycles. The third-order valence-corrected chi connectivity index (χ3v) is 4.15. The molecular weight excluding hydrogens is 352 g/mol. The van der Waals surface area contributed by atoms with Crippen LogP contribution in [0.1, 0.15) is 30.4 Å². The van der Waals surface area contributed by atoms with Crippen LogP contribution in [-0.2, 0) is 0 Å². The highest BCUT2D eigenvalue weighted by Crippen LogP contribution is 2.37. The van der Waals surface area contributed by atoms with Crippen molar-refractivity contribution in [1.82, 2.24) is 0 Å². The molecule has 2 nitrogen and oxygen atoms in total. The van der Waals surface area contributed by atoms with Crippen molar-refractivity contribution < 1.29 is 9.47 Å². The van der Waals surface area contributed by atoms with Crippen molar-refractivity contribution in [3.05, 3.63) is 58.1 Å². The summed E-state index contributed by atoms with van der Waals surface area (Å²) < 4.78 is 12.1. The summed E-state index contributed by atoms with van der Waals surface area (Å²) >= 11 is 10.2. The Hall–Kier alpha value is -1.19. The Labute approximate surface area is 139 Å². The zero-order valence-corrected chi connectivity index (χ0v) is 14.4. The first-order valence-corrected chi connectivity index (χ1v) is 8.18. The predicted molar refractivity (Wildman–Crippen MR) is 90.6 cm³/mol. The van der Waals surface area contributed by atoms with Gasteiger partial charge in [-0.25, -0.2) is 0 Å². The standard InChI is InChI=1S/C17H18BrClO2/c1-3-20-15-8-6-5-7-13(15)17(19)12-9-10-16(21-4-2)14(18)11-12/h5-11,17H,3-4H2,1-2H3. The van der Waals surface area contributed by atoms with Crippen molar-refractivity contribution >= 4 is 27.5 Å². The van der Waals surface area contributed by atoms with E-state index in [0.717, 1.165) is 27.1 Å². The number of alkyl halides is 1. The first kappa shape index (κ1) is 16.2. The summed E-state index contributed by atoms with van der Waals surface area (Å²) in [5, 5.41) is -0.264. The number of ether oxygens (including phenoxy) is 2. The Bertz CT molecular complexity index is 601. The lowest BCUT2D eigenvalue weighted by Gasteiger charge is -2.16. The van der Waals surface area contributed by atoms with Crippen LogP contribution in [0, 0.1) is 0 Å². The summed E-state index contributed by atoms with van der Waals surface area (Å²) in [7, 11) is 0. The number of para-hydroxylation sites is 1. The summed E-state index contributed by atoms with van der Waals surface area (Å²) in [5.74, 6) is 1.65. The maximum atomic E-state index is 6.63. The van der Waals surface area contributed by atoms with Crippen LogP contribution < -0.4 is 9.47 Å². The fourth-order valence-corrected chi connectivity index (χ4v) is 2.93. The maximum absolute atomic E-state index is 6.63. The van der Waals surface area contributed by atoms with Gasteiger partial charge in [0.1, 0.15) is 11.5 Å². The third kappa shape index (κ3) is 3.92. The fourth-order valence-electron chi connectivity index (χ4n) is 2.10. The molecule has 0 N–H and O–H groups in total. The zero-order valence-electron chi connectivity index (χ0n) is 12.1.